The van der Waals surface area contributed by atoms with Crippen molar-refractivity contribution in [3.8, 4) is 0 Å². The van der Waals surface area contributed by atoms with Gasteiger partial charge in [-0.05, 0) is 48.5 Å². The molecule has 0 atom stereocenters. The Kier molecular flexibility index (Phi) is 5.34. The molecule has 4 aromatic rings. The molecule has 3 N–H and O–H groups in total. The largest absolute Gasteiger partial charge is 0.354 e. The first-order valence-electron chi connectivity index (χ1n) is 9.34. The van der Waals surface area contributed by atoms with Crippen molar-refractivity contribution in [1.29, 1.82) is 0 Å². The zero-order chi connectivity index (χ0) is 20.9. The smallest absolute Gasteiger partial charge is 0.274 e. The molecule has 0 saturated heterocycles. The van der Waals surface area contributed by atoms with Gasteiger partial charge in [0.05, 0.1) is 23.1 Å². The lowest BCUT2D eigenvalue weighted by Crippen LogP contribution is -2.14. The topological polar surface area (TPSA) is 96.0 Å². The minimum atomic E-state index is -0.306. The van der Waals surface area contributed by atoms with Crippen molar-refractivity contribution in [3.63, 3.8) is 0 Å². The number of fused-ring (bicyclic) bond motifs is 1. The average Bonchev–Trinajstić information content (AvgIpc) is 2.75. The van der Waals surface area contributed by atoms with E-state index in [1.165, 1.54) is 6.92 Å². The van der Waals surface area contributed by atoms with Gasteiger partial charge in [-0.2, -0.15) is 0 Å². The maximum Gasteiger partial charge on any atom is 0.274 e. The normalized spacial score (nSPS) is 10.4. The van der Waals surface area contributed by atoms with Crippen LogP contribution in [0.2, 0.25) is 0 Å². The average molecular weight is 397 g/mol. The molecule has 0 aliphatic rings. The molecule has 4 rings (SSSR count). The number of nitrogens with zero attached hydrogens (tertiary/aromatic N) is 2. The lowest BCUT2D eigenvalue weighted by Gasteiger charge is -2.09. The zero-order valence-corrected chi connectivity index (χ0v) is 16.2. The van der Waals surface area contributed by atoms with Gasteiger partial charge in [-0.1, -0.05) is 18.2 Å². The van der Waals surface area contributed by atoms with Gasteiger partial charge in [0.1, 0.15) is 5.69 Å². The lowest BCUT2D eigenvalue weighted by molar-refractivity contribution is -0.114. The first kappa shape index (κ1) is 19.1. The highest BCUT2D eigenvalue weighted by atomic mass is 16.2. The summed E-state index contributed by atoms with van der Waals surface area (Å²) in [5, 5.41) is 9.75. The van der Waals surface area contributed by atoms with E-state index < -0.39 is 0 Å². The molecule has 0 fully saturated rings. The van der Waals surface area contributed by atoms with Gasteiger partial charge in [0.15, 0.2) is 0 Å². The van der Waals surface area contributed by atoms with Crippen molar-refractivity contribution in [3.05, 3.63) is 84.8 Å². The van der Waals surface area contributed by atoms with Crippen LogP contribution in [0.15, 0.2) is 79.1 Å². The van der Waals surface area contributed by atoms with E-state index in [4.69, 9.17) is 0 Å². The van der Waals surface area contributed by atoms with Crippen LogP contribution in [-0.2, 0) is 4.79 Å². The molecule has 30 heavy (non-hydrogen) atoms. The van der Waals surface area contributed by atoms with Gasteiger partial charge in [-0.15, -0.1) is 0 Å². The summed E-state index contributed by atoms with van der Waals surface area (Å²) in [5.41, 5.74) is 3.97. The number of hydrogen-bond acceptors (Lipinski definition) is 5. The van der Waals surface area contributed by atoms with E-state index in [2.05, 4.69) is 25.9 Å². The minimum Gasteiger partial charge on any atom is -0.354 e. The third-order valence-corrected chi connectivity index (χ3v) is 4.37. The first-order chi connectivity index (χ1) is 14.6. The third kappa shape index (κ3) is 4.41. The number of anilines is 4. The number of hydrogen-bond donors (Lipinski definition) is 3. The second-order valence-electron chi connectivity index (χ2n) is 6.65. The van der Waals surface area contributed by atoms with Gasteiger partial charge < -0.3 is 16.0 Å². The fourth-order valence-electron chi connectivity index (χ4n) is 3.00. The van der Waals surface area contributed by atoms with Crippen molar-refractivity contribution < 1.29 is 9.59 Å². The van der Waals surface area contributed by atoms with Crippen molar-refractivity contribution in [2.45, 2.75) is 6.92 Å². The number of amides is 2. The Labute approximate surface area is 173 Å². The van der Waals surface area contributed by atoms with Crippen LogP contribution < -0.4 is 16.0 Å². The molecule has 7 heteroatoms. The molecule has 0 bridgehead atoms. The van der Waals surface area contributed by atoms with Gasteiger partial charge in [0.25, 0.3) is 5.91 Å². The molecule has 0 saturated carbocycles. The molecule has 0 aliphatic heterocycles. The van der Waals surface area contributed by atoms with Gasteiger partial charge in [-0.3, -0.25) is 14.6 Å². The summed E-state index contributed by atoms with van der Waals surface area (Å²) >= 11 is 0. The Bertz CT molecular complexity index is 1200. The summed E-state index contributed by atoms with van der Waals surface area (Å²) in [7, 11) is 0. The predicted molar refractivity (Wildman–Crippen MR) is 118 cm³/mol. The van der Waals surface area contributed by atoms with E-state index >= 15 is 0 Å². The van der Waals surface area contributed by atoms with Gasteiger partial charge in [-0.25, -0.2) is 4.98 Å². The SMILES string of the molecule is CC(=O)Nc1ccc(Nc2ccc(C(=O)Nc3cccc4cccnc34)nc2)cc1. The molecule has 0 aliphatic carbocycles. The second kappa shape index (κ2) is 8.40. The molecular weight excluding hydrogens is 378 g/mol. The summed E-state index contributed by atoms with van der Waals surface area (Å²) in [5.74, 6) is -0.424. The first-order valence-corrected chi connectivity index (χ1v) is 9.34. The molecule has 2 amide bonds. The molecule has 148 valence electrons. The second-order valence-corrected chi connectivity index (χ2v) is 6.65. The Morgan fingerprint density at radius 3 is 2.23 bits per heavy atom. The van der Waals surface area contributed by atoms with Gasteiger partial charge in [0.2, 0.25) is 5.91 Å². The quantitative estimate of drug-likeness (QED) is 0.458. The summed E-state index contributed by atoms with van der Waals surface area (Å²) in [6.45, 7) is 1.46. The molecule has 0 spiro atoms. The fourth-order valence-corrected chi connectivity index (χ4v) is 3.00. The number of aromatic nitrogens is 2. The molecule has 0 radical (unpaired) electrons. The van der Waals surface area contributed by atoms with E-state index in [-0.39, 0.29) is 11.8 Å². The molecule has 2 heterocycles. The number of para-hydroxylation sites is 1. The van der Waals surface area contributed by atoms with E-state index in [9.17, 15) is 9.59 Å². The highest BCUT2D eigenvalue weighted by Gasteiger charge is 2.10. The highest BCUT2D eigenvalue weighted by molar-refractivity contribution is 6.07. The van der Waals surface area contributed by atoms with Crippen LogP contribution in [0, 0.1) is 0 Å². The summed E-state index contributed by atoms with van der Waals surface area (Å²) in [6, 6.07) is 20.2. The minimum absolute atomic E-state index is 0.118. The van der Waals surface area contributed by atoms with Crippen LogP contribution >= 0.6 is 0 Å². The number of pyridine rings is 2. The molecule has 2 aromatic heterocycles. The molecule has 7 nitrogen and oxygen atoms in total. The Morgan fingerprint density at radius 2 is 1.50 bits per heavy atom. The number of carbonyl (C=O) groups excluding carboxylic acids is 2. The monoisotopic (exact) mass is 397 g/mol. The predicted octanol–water partition coefficient (Wildman–Crippen LogP) is 4.58. The van der Waals surface area contributed by atoms with Crippen molar-refractivity contribution in [2.75, 3.05) is 16.0 Å². The van der Waals surface area contributed by atoms with E-state index in [0.29, 0.717) is 11.4 Å². The zero-order valence-electron chi connectivity index (χ0n) is 16.2. The van der Waals surface area contributed by atoms with Crippen molar-refractivity contribution in [1.82, 2.24) is 9.97 Å². The van der Waals surface area contributed by atoms with Crippen LogP contribution in [-0.4, -0.2) is 21.8 Å². The van der Waals surface area contributed by atoms with E-state index in [1.807, 2.05) is 42.5 Å². The Balaban J connectivity index is 1.44. The van der Waals surface area contributed by atoms with Crippen LogP contribution in [0.5, 0.6) is 0 Å². The summed E-state index contributed by atoms with van der Waals surface area (Å²) < 4.78 is 0. The number of rotatable bonds is 5. The summed E-state index contributed by atoms with van der Waals surface area (Å²) in [4.78, 5) is 32.3. The maximum absolute atomic E-state index is 12.6. The lowest BCUT2D eigenvalue weighted by atomic mass is 10.2. The number of carbonyl (C=O) groups is 2. The third-order valence-electron chi connectivity index (χ3n) is 4.37. The molecule has 0 unspecified atom stereocenters. The van der Waals surface area contributed by atoms with Crippen LogP contribution in [0.25, 0.3) is 10.9 Å². The molecule has 2 aromatic carbocycles. The van der Waals surface area contributed by atoms with Crippen LogP contribution in [0.3, 0.4) is 0 Å². The molecular formula is C23H19N5O2. The van der Waals surface area contributed by atoms with Gasteiger partial charge in [0, 0.05) is 29.9 Å². The standard InChI is InChI=1S/C23H19N5O2/c1-15(29)26-17-7-9-18(10-8-17)27-19-11-12-21(25-14-19)23(30)28-20-6-2-4-16-5-3-13-24-22(16)20/h2-14,27H,1H3,(H,26,29)(H,28,30). The van der Waals surface area contributed by atoms with Gasteiger partial charge >= 0.3 is 0 Å². The Morgan fingerprint density at radius 1 is 0.767 bits per heavy atom. The van der Waals surface area contributed by atoms with Crippen molar-refractivity contribution in [2.24, 2.45) is 0 Å². The number of nitrogens with one attached hydrogen (secondary N) is 3. The number of benzene rings is 2. The summed E-state index contributed by atoms with van der Waals surface area (Å²) in [6.07, 6.45) is 3.29. The Hall–Kier alpha value is -4.26. The fraction of sp³-hybridized carbons (Fsp3) is 0.0435. The maximum atomic E-state index is 12.6. The van der Waals surface area contributed by atoms with E-state index in [1.54, 1.807) is 36.7 Å². The van der Waals surface area contributed by atoms with Crippen LogP contribution in [0.1, 0.15) is 17.4 Å². The van der Waals surface area contributed by atoms with Crippen molar-refractivity contribution >= 4 is 45.5 Å². The highest BCUT2D eigenvalue weighted by Crippen LogP contribution is 2.22. The van der Waals surface area contributed by atoms with Crippen LogP contribution in [0.4, 0.5) is 22.7 Å². The van der Waals surface area contributed by atoms with E-state index in [0.717, 1.165) is 28.0 Å².